The topological polar surface area (TPSA) is 189 Å². The monoisotopic (exact) mass is 507 g/mol. The zero-order valence-electron chi connectivity index (χ0n) is 21.3. The molecule has 6 N–H and O–H groups in total. The van der Waals surface area contributed by atoms with Crippen molar-refractivity contribution in [1.29, 1.82) is 0 Å². The molecule has 0 bridgehead atoms. The number of ether oxygens (including phenoxy) is 1. The summed E-state index contributed by atoms with van der Waals surface area (Å²) in [6, 6.07) is 7.42. The van der Waals surface area contributed by atoms with Gasteiger partial charge in [0.15, 0.2) is 10.8 Å². The number of ketones is 1. The minimum Gasteiger partial charge on any atom is -0.486 e. The molecule has 2 atom stereocenters. The van der Waals surface area contributed by atoms with E-state index in [1.807, 2.05) is 26.0 Å². The van der Waals surface area contributed by atoms with E-state index in [2.05, 4.69) is 24.2 Å². The normalized spacial score (nSPS) is 13.3. The molecule has 1 amide bonds. The van der Waals surface area contributed by atoms with Crippen LogP contribution in [0.15, 0.2) is 29.3 Å². The lowest BCUT2D eigenvalue weighted by molar-refractivity contribution is -0.525. The average Bonchev–Trinajstić information content (AvgIpc) is 2.78. The van der Waals surface area contributed by atoms with Gasteiger partial charge in [0.2, 0.25) is 5.91 Å². The van der Waals surface area contributed by atoms with Crippen LogP contribution in [0.25, 0.3) is 0 Å². The number of carbonyl (C=O) groups excluding carboxylic acids is 2. The molecule has 0 unspecified atom stereocenters. The number of aliphatic imine (C=N–C) groups is 1. The van der Waals surface area contributed by atoms with E-state index < -0.39 is 29.9 Å². The molecule has 0 radical (unpaired) electrons. The maximum Gasteiger partial charge on any atom is 0.475 e. The standard InChI is InChI=1S/C23H38BN5O7/c1-15(2)12-21(24(32)33)27-22(31)18(6-5-11-26-23(25)28-29(34)35)13-19(30)14-36-20-9-7-17(8-10-20)16(3)4/h7-10,15-16,18,21,32-33H,5-6,11-14H2,1-4H3,(H,27,31)(H3,25,26,28)/t18-,21+/m1/s1. The van der Waals surface area contributed by atoms with Crippen LogP contribution in [0, 0.1) is 22.0 Å². The van der Waals surface area contributed by atoms with Crippen molar-refractivity contribution >= 4 is 24.8 Å². The number of carbonyl (C=O) groups is 2. The Morgan fingerprint density at radius 1 is 1.19 bits per heavy atom. The summed E-state index contributed by atoms with van der Waals surface area (Å²) in [7, 11) is -1.75. The molecule has 1 aromatic carbocycles. The summed E-state index contributed by atoms with van der Waals surface area (Å²) in [5.74, 6) is -1.83. The highest BCUT2D eigenvalue weighted by Gasteiger charge is 2.30. The highest BCUT2D eigenvalue weighted by atomic mass is 16.7. The average molecular weight is 507 g/mol. The van der Waals surface area contributed by atoms with Crippen molar-refractivity contribution in [2.24, 2.45) is 22.6 Å². The van der Waals surface area contributed by atoms with Crippen LogP contribution in [0.2, 0.25) is 0 Å². The van der Waals surface area contributed by atoms with Gasteiger partial charge in [-0.25, -0.2) is 15.1 Å². The van der Waals surface area contributed by atoms with E-state index in [-0.39, 0.29) is 43.7 Å². The first-order valence-corrected chi connectivity index (χ1v) is 12.0. The predicted octanol–water partition coefficient (Wildman–Crippen LogP) is 1.18. The summed E-state index contributed by atoms with van der Waals surface area (Å²) in [5.41, 5.74) is 8.26. The second-order valence-electron chi connectivity index (χ2n) is 9.39. The van der Waals surface area contributed by atoms with Gasteiger partial charge < -0.3 is 25.8 Å². The molecule has 36 heavy (non-hydrogen) atoms. The Kier molecular flexibility index (Phi) is 13.5. The maximum atomic E-state index is 12.9. The van der Waals surface area contributed by atoms with E-state index in [1.165, 1.54) is 0 Å². The van der Waals surface area contributed by atoms with Crippen molar-refractivity contribution in [3.05, 3.63) is 39.9 Å². The van der Waals surface area contributed by atoms with E-state index in [0.717, 1.165) is 5.56 Å². The second kappa shape index (κ2) is 15.7. The van der Waals surface area contributed by atoms with Crippen LogP contribution < -0.4 is 21.2 Å². The smallest absolute Gasteiger partial charge is 0.475 e. The fourth-order valence-corrected chi connectivity index (χ4v) is 3.50. The molecule has 0 aromatic heterocycles. The van der Waals surface area contributed by atoms with Crippen LogP contribution in [0.4, 0.5) is 0 Å². The molecule has 1 aromatic rings. The van der Waals surface area contributed by atoms with Gasteiger partial charge in [0, 0.05) is 18.9 Å². The zero-order chi connectivity index (χ0) is 27.3. The minimum absolute atomic E-state index is 0.0964. The lowest BCUT2D eigenvalue weighted by Gasteiger charge is -2.23. The lowest BCUT2D eigenvalue weighted by atomic mass is 9.74. The number of Topliss-reactive ketones (excluding diaryl/α,β-unsaturated/α-hetero) is 1. The minimum atomic E-state index is -1.75. The number of nitrogens with one attached hydrogen (secondary N) is 2. The van der Waals surface area contributed by atoms with Crippen LogP contribution >= 0.6 is 0 Å². The van der Waals surface area contributed by atoms with Gasteiger partial charge in [0.25, 0.3) is 5.96 Å². The number of rotatable bonds is 16. The molecule has 0 saturated carbocycles. The predicted molar refractivity (Wildman–Crippen MR) is 137 cm³/mol. The Labute approximate surface area is 212 Å². The quantitative estimate of drug-likeness (QED) is 0.0546. The number of nitrogens with zero attached hydrogens (tertiary/aromatic N) is 2. The number of hydrazine groups is 1. The molecule has 13 heteroatoms. The number of hydrogen-bond acceptors (Lipinski definition) is 8. The van der Waals surface area contributed by atoms with Gasteiger partial charge in [-0.3, -0.25) is 9.59 Å². The van der Waals surface area contributed by atoms with Crippen molar-refractivity contribution in [3.63, 3.8) is 0 Å². The largest absolute Gasteiger partial charge is 0.486 e. The highest BCUT2D eigenvalue weighted by Crippen LogP contribution is 2.19. The van der Waals surface area contributed by atoms with E-state index in [1.54, 1.807) is 17.6 Å². The molecule has 0 spiro atoms. The summed E-state index contributed by atoms with van der Waals surface area (Å²) in [6.45, 7) is 7.79. The van der Waals surface area contributed by atoms with Crippen LogP contribution in [0.1, 0.15) is 64.9 Å². The highest BCUT2D eigenvalue weighted by molar-refractivity contribution is 6.43. The molecular formula is C23H38BN5O7. The Morgan fingerprint density at radius 3 is 2.36 bits per heavy atom. The number of nitrogens with two attached hydrogens (primary N) is 1. The SMILES string of the molecule is CC(C)C[C@H](NC(=O)[C@H](CCCN=C(N)N[N+](=O)[O-])CC(=O)COc1ccc(C(C)C)cc1)B(O)O. The van der Waals surface area contributed by atoms with Gasteiger partial charge in [-0.05, 0) is 48.8 Å². The molecule has 0 aliphatic rings. The molecule has 0 saturated heterocycles. The van der Waals surface area contributed by atoms with Gasteiger partial charge in [-0.2, -0.15) is 0 Å². The number of guanidine groups is 1. The summed E-state index contributed by atoms with van der Waals surface area (Å²) >= 11 is 0. The summed E-state index contributed by atoms with van der Waals surface area (Å²) in [4.78, 5) is 39.8. The van der Waals surface area contributed by atoms with Crippen molar-refractivity contribution in [2.75, 3.05) is 13.2 Å². The number of nitro groups is 1. The Balaban J connectivity index is 2.79. The van der Waals surface area contributed by atoms with Gasteiger partial charge in [0.05, 0.1) is 5.94 Å². The lowest BCUT2D eigenvalue weighted by Crippen LogP contribution is -2.49. The van der Waals surface area contributed by atoms with Gasteiger partial charge in [0.1, 0.15) is 12.4 Å². The molecule has 12 nitrogen and oxygen atoms in total. The molecular weight excluding hydrogens is 469 g/mol. The fourth-order valence-electron chi connectivity index (χ4n) is 3.50. The Morgan fingerprint density at radius 2 is 1.83 bits per heavy atom. The number of hydrogen-bond donors (Lipinski definition) is 5. The number of amides is 1. The van der Waals surface area contributed by atoms with E-state index in [9.17, 15) is 29.8 Å². The third-order valence-corrected chi connectivity index (χ3v) is 5.40. The van der Waals surface area contributed by atoms with Crippen molar-refractivity contribution in [1.82, 2.24) is 10.7 Å². The molecule has 0 aliphatic carbocycles. The van der Waals surface area contributed by atoms with Crippen LogP contribution in [-0.4, -0.2) is 58.9 Å². The second-order valence-corrected chi connectivity index (χ2v) is 9.39. The third-order valence-electron chi connectivity index (χ3n) is 5.40. The van der Waals surface area contributed by atoms with Crippen LogP contribution in [0.5, 0.6) is 5.75 Å². The van der Waals surface area contributed by atoms with Crippen LogP contribution in [-0.2, 0) is 9.59 Å². The summed E-state index contributed by atoms with van der Waals surface area (Å²) in [6.07, 6.45) is 0.760. The third kappa shape index (κ3) is 12.5. The molecule has 0 fully saturated rings. The Bertz CT molecular complexity index is 878. The first-order chi connectivity index (χ1) is 16.9. The molecule has 1 rings (SSSR count). The Hall–Kier alpha value is -3.19. The summed E-state index contributed by atoms with van der Waals surface area (Å²) < 4.78 is 5.58. The van der Waals surface area contributed by atoms with Crippen molar-refractivity contribution in [3.8, 4) is 5.75 Å². The fraction of sp³-hybridized carbons (Fsp3) is 0.609. The first-order valence-electron chi connectivity index (χ1n) is 12.0. The van der Waals surface area contributed by atoms with Gasteiger partial charge in [-0.1, -0.05) is 45.3 Å². The maximum absolute atomic E-state index is 12.9. The van der Waals surface area contributed by atoms with Gasteiger partial charge >= 0.3 is 7.12 Å². The molecule has 0 heterocycles. The summed E-state index contributed by atoms with van der Waals surface area (Å²) in [5, 5.41) is 31.5. The zero-order valence-corrected chi connectivity index (χ0v) is 21.3. The van der Waals surface area contributed by atoms with Gasteiger partial charge in [-0.15, -0.1) is 0 Å². The number of benzene rings is 1. The van der Waals surface area contributed by atoms with E-state index in [4.69, 9.17) is 10.5 Å². The molecule has 200 valence electrons. The first kappa shape index (κ1) is 30.8. The molecule has 0 aliphatic heterocycles. The van der Waals surface area contributed by atoms with Crippen molar-refractivity contribution < 1.29 is 29.4 Å². The van der Waals surface area contributed by atoms with E-state index in [0.29, 0.717) is 24.5 Å². The van der Waals surface area contributed by atoms with E-state index >= 15 is 0 Å². The van der Waals surface area contributed by atoms with Crippen molar-refractivity contribution in [2.45, 2.75) is 65.2 Å². The van der Waals surface area contributed by atoms with Crippen LogP contribution in [0.3, 0.4) is 0 Å².